The van der Waals surface area contributed by atoms with Crippen LogP contribution in [0.3, 0.4) is 0 Å². The van der Waals surface area contributed by atoms with Gasteiger partial charge in [0.2, 0.25) is 15.9 Å². The Morgan fingerprint density at radius 2 is 1.81 bits per heavy atom. The Bertz CT molecular complexity index is 956. The Kier molecular flexibility index (Phi) is 7.05. The van der Waals surface area contributed by atoms with Crippen molar-refractivity contribution in [3.05, 3.63) is 18.2 Å². The number of hydrogen-bond donors (Lipinski definition) is 1. The van der Waals surface area contributed by atoms with Gasteiger partial charge in [0.1, 0.15) is 12.3 Å². The molecule has 2 aliphatic heterocycles. The van der Waals surface area contributed by atoms with Crippen molar-refractivity contribution in [2.75, 3.05) is 31.1 Å². The summed E-state index contributed by atoms with van der Waals surface area (Å²) < 4.78 is 33.5. The first-order valence-electron chi connectivity index (χ1n) is 11.7. The molecule has 1 saturated carbocycles. The van der Waals surface area contributed by atoms with Gasteiger partial charge in [-0.3, -0.25) is 14.5 Å². The third-order valence-corrected chi connectivity index (χ3v) is 8.73. The molecule has 176 valence electrons. The van der Waals surface area contributed by atoms with Gasteiger partial charge in [-0.1, -0.05) is 32.6 Å². The van der Waals surface area contributed by atoms with Gasteiger partial charge in [0.05, 0.1) is 10.6 Å². The van der Waals surface area contributed by atoms with E-state index in [0.29, 0.717) is 30.4 Å². The molecule has 2 fully saturated rings. The summed E-state index contributed by atoms with van der Waals surface area (Å²) in [6.45, 7) is 2.82. The van der Waals surface area contributed by atoms with E-state index in [1.54, 1.807) is 6.07 Å². The monoisotopic (exact) mass is 463 g/mol. The van der Waals surface area contributed by atoms with E-state index in [4.69, 9.17) is 4.74 Å². The second-order valence-corrected chi connectivity index (χ2v) is 11.1. The van der Waals surface area contributed by atoms with Gasteiger partial charge < -0.3 is 10.1 Å². The lowest BCUT2D eigenvalue weighted by atomic mass is 9.86. The first kappa shape index (κ1) is 23.0. The molecule has 0 spiro atoms. The van der Waals surface area contributed by atoms with Crippen molar-refractivity contribution in [1.29, 1.82) is 0 Å². The molecule has 2 heterocycles. The molecule has 0 bridgehead atoms. The minimum atomic E-state index is -3.68. The van der Waals surface area contributed by atoms with Gasteiger partial charge >= 0.3 is 0 Å². The molecule has 0 radical (unpaired) electrons. The number of amides is 2. The summed E-state index contributed by atoms with van der Waals surface area (Å²) in [5.41, 5.74) is 0.337. The zero-order valence-corrected chi connectivity index (χ0v) is 19.5. The molecule has 1 aromatic rings. The molecule has 3 aliphatic rings. The summed E-state index contributed by atoms with van der Waals surface area (Å²) in [4.78, 5) is 26.9. The van der Waals surface area contributed by atoms with E-state index in [2.05, 4.69) is 12.2 Å². The van der Waals surface area contributed by atoms with Crippen molar-refractivity contribution in [2.45, 2.75) is 69.2 Å². The molecule has 1 saturated heterocycles. The first-order chi connectivity index (χ1) is 15.4. The summed E-state index contributed by atoms with van der Waals surface area (Å²) in [5.74, 6) is 0.239. The predicted molar refractivity (Wildman–Crippen MR) is 121 cm³/mol. The average Bonchev–Trinajstić information content (AvgIpc) is 3.07. The molecule has 2 amide bonds. The lowest BCUT2D eigenvalue weighted by molar-refractivity contribution is -0.126. The largest absolute Gasteiger partial charge is 0.482 e. The van der Waals surface area contributed by atoms with Gasteiger partial charge in [-0.2, -0.15) is 4.31 Å². The van der Waals surface area contributed by atoms with Crippen LogP contribution in [0, 0.1) is 5.92 Å². The fourth-order valence-electron chi connectivity index (χ4n) is 4.87. The zero-order valence-electron chi connectivity index (χ0n) is 18.7. The van der Waals surface area contributed by atoms with Crippen LogP contribution >= 0.6 is 0 Å². The van der Waals surface area contributed by atoms with Crippen LogP contribution in [0.25, 0.3) is 0 Å². The number of carbonyl (C=O) groups excluding carboxylic acids is 2. The third kappa shape index (κ3) is 4.93. The number of sulfonamides is 1. The molecule has 32 heavy (non-hydrogen) atoms. The molecular formula is C23H33N3O5S. The van der Waals surface area contributed by atoms with Crippen LogP contribution in [-0.2, 0) is 19.6 Å². The maximum absolute atomic E-state index is 13.2. The Labute approximate surface area is 190 Å². The normalized spacial score (nSPS) is 24.9. The van der Waals surface area contributed by atoms with Crippen LogP contribution in [0.1, 0.15) is 58.3 Å². The van der Waals surface area contributed by atoms with Crippen molar-refractivity contribution in [3.63, 3.8) is 0 Å². The number of nitrogens with zero attached hydrogens (tertiary/aromatic N) is 2. The topological polar surface area (TPSA) is 96.0 Å². The van der Waals surface area contributed by atoms with E-state index in [1.165, 1.54) is 27.8 Å². The molecule has 9 heteroatoms. The second kappa shape index (κ2) is 9.79. The van der Waals surface area contributed by atoms with Crippen LogP contribution in [0.15, 0.2) is 23.1 Å². The number of rotatable bonds is 5. The minimum Gasteiger partial charge on any atom is -0.482 e. The van der Waals surface area contributed by atoms with E-state index in [0.717, 1.165) is 44.9 Å². The number of benzene rings is 1. The summed E-state index contributed by atoms with van der Waals surface area (Å²) in [6.07, 6.45) is 8.04. The van der Waals surface area contributed by atoms with Crippen molar-refractivity contribution in [3.8, 4) is 5.75 Å². The Balaban J connectivity index is 1.55. The summed E-state index contributed by atoms with van der Waals surface area (Å²) in [5, 5.41) is 3.07. The molecule has 8 nitrogen and oxygen atoms in total. The SMILES string of the molecule is C[C@H]1CCCC[C@H]1NC(=O)CN1C(=O)COc2ccc(S(=O)(=O)N3CCCCCC3)cc21. The summed E-state index contributed by atoms with van der Waals surface area (Å²) in [6, 6.07) is 4.70. The highest BCUT2D eigenvalue weighted by Gasteiger charge is 2.32. The Hall–Kier alpha value is -2.13. The maximum atomic E-state index is 13.2. The van der Waals surface area contributed by atoms with Gasteiger partial charge in [-0.05, 0) is 49.8 Å². The van der Waals surface area contributed by atoms with E-state index >= 15 is 0 Å². The van der Waals surface area contributed by atoms with Crippen molar-refractivity contribution >= 4 is 27.5 Å². The molecule has 4 rings (SSSR count). The molecule has 0 aromatic heterocycles. The van der Waals surface area contributed by atoms with Gasteiger partial charge in [0.15, 0.2) is 6.61 Å². The van der Waals surface area contributed by atoms with Crippen LogP contribution < -0.4 is 15.0 Å². The quantitative estimate of drug-likeness (QED) is 0.724. The fourth-order valence-corrected chi connectivity index (χ4v) is 6.41. The number of ether oxygens (including phenoxy) is 1. The Morgan fingerprint density at radius 3 is 2.53 bits per heavy atom. The maximum Gasteiger partial charge on any atom is 0.265 e. The zero-order chi connectivity index (χ0) is 22.7. The summed E-state index contributed by atoms with van der Waals surface area (Å²) >= 11 is 0. The number of fused-ring (bicyclic) bond motifs is 1. The van der Waals surface area contributed by atoms with Gasteiger partial charge in [0, 0.05) is 19.1 Å². The number of hydrogen-bond acceptors (Lipinski definition) is 5. The lowest BCUT2D eigenvalue weighted by Crippen LogP contribution is -2.49. The highest BCUT2D eigenvalue weighted by Crippen LogP contribution is 2.35. The van der Waals surface area contributed by atoms with Crippen LogP contribution in [0.4, 0.5) is 5.69 Å². The molecule has 1 aliphatic carbocycles. The molecular weight excluding hydrogens is 430 g/mol. The van der Waals surface area contributed by atoms with Crippen molar-refractivity contribution in [2.24, 2.45) is 5.92 Å². The van der Waals surface area contributed by atoms with E-state index in [-0.39, 0.29) is 35.9 Å². The van der Waals surface area contributed by atoms with Gasteiger partial charge in [0.25, 0.3) is 5.91 Å². The van der Waals surface area contributed by atoms with Crippen LogP contribution in [0.2, 0.25) is 0 Å². The molecule has 0 unspecified atom stereocenters. The van der Waals surface area contributed by atoms with Gasteiger partial charge in [-0.15, -0.1) is 0 Å². The Morgan fingerprint density at radius 1 is 1.09 bits per heavy atom. The fraction of sp³-hybridized carbons (Fsp3) is 0.652. The van der Waals surface area contributed by atoms with Crippen molar-refractivity contribution in [1.82, 2.24) is 9.62 Å². The molecule has 1 N–H and O–H groups in total. The van der Waals surface area contributed by atoms with Crippen LogP contribution in [0.5, 0.6) is 5.75 Å². The number of nitrogens with one attached hydrogen (secondary N) is 1. The third-order valence-electron chi connectivity index (χ3n) is 6.84. The van der Waals surface area contributed by atoms with E-state index in [1.807, 2.05) is 0 Å². The predicted octanol–water partition coefficient (Wildman–Crippen LogP) is 2.67. The highest BCUT2D eigenvalue weighted by atomic mass is 32.2. The second-order valence-electron chi connectivity index (χ2n) is 9.15. The van der Waals surface area contributed by atoms with Gasteiger partial charge in [-0.25, -0.2) is 8.42 Å². The first-order valence-corrected chi connectivity index (χ1v) is 13.2. The number of carbonyl (C=O) groups is 2. The van der Waals surface area contributed by atoms with Crippen LogP contribution in [-0.4, -0.2) is 56.8 Å². The minimum absolute atomic E-state index is 0.113. The lowest BCUT2D eigenvalue weighted by Gasteiger charge is -2.32. The summed E-state index contributed by atoms with van der Waals surface area (Å²) in [7, 11) is -3.68. The van der Waals surface area contributed by atoms with E-state index < -0.39 is 10.0 Å². The molecule has 2 atom stereocenters. The smallest absolute Gasteiger partial charge is 0.265 e. The van der Waals surface area contributed by atoms with Crippen molar-refractivity contribution < 1.29 is 22.7 Å². The average molecular weight is 464 g/mol. The van der Waals surface area contributed by atoms with E-state index in [9.17, 15) is 18.0 Å². The number of anilines is 1. The molecule has 1 aromatic carbocycles. The highest BCUT2D eigenvalue weighted by molar-refractivity contribution is 7.89. The standard InChI is InChI=1S/C23H33N3O5S/c1-17-8-4-5-9-19(17)24-22(27)15-26-20-14-18(10-11-21(20)31-16-23(26)28)32(29,30)25-12-6-2-3-7-13-25/h10-11,14,17,19H,2-9,12-13,15-16H2,1H3,(H,24,27)/t17-,19+/m0/s1.